The molecule has 0 radical (unpaired) electrons. The number of fused-ring (bicyclic) bond motifs is 2. The zero-order valence-corrected chi connectivity index (χ0v) is 23.9. The molecule has 0 bridgehead atoms. The Labute approximate surface area is 231 Å². The fourth-order valence-corrected chi connectivity index (χ4v) is 9.53. The quantitative estimate of drug-likeness (QED) is 0.284. The highest BCUT2D eigenvalue weighted by atomic mass is 32.2. The Bertz CT molecular complexity index is 1560. The molecular formula is C29H31N3O3S3. The van der Waals surface area contributed by atoms with Gasteiger partial charge in [0.2, 0.25) is 10.0 Å². The summed E-state index contributed by atoms with van der Waals surface area (Å²) >= 11 is 3.28. The highest BCUT2D eigenvalue weighted by Crippen LogP contribution is 2.47. The highest BCUT2D eigenvalue weighted by molar-refractivity contribution is 7.89. The maximum Gasteiger partial charge on any atom is 0.256 e. The first-order chi connectivity index (χ1) is 18.4. The van der Waals surface area contributed by atoms with Gasteiger partial charge in [-0.1, -0.05) is 38.0 Å². The Morgan fingerprint density at radius 3 is 2.61 bits per heavy atom. The number of carbonyl (C=O) groups excluding carboxylic acids is 1. The number of hydrogen-bond donors (Lipinski definition) is 1. The first-order valence-corrected chi connectivity index (χ1v) is 16.4. The molecule has 3 heterocycles. The number of nitrogens with zero attached hydrogens (tertiary/aromatic N) is 2. The molecule has 1 saturated heterocycles. The lowest BCUT2D eigenvalue weighted by Crippen LogP contribution is -2.32. The summed E-state index contributed by atoms with van der Waals surface area (Å²) in [5, 5.41) is 4.87. The SMILES string of the molecule is C[C@@H]1CCc2c(sc(NC(=O)c3cccc(S(=O)(=O)N4CCCCCC4)c3)c2-c2nc3ccccc3s2)C1. The standard InChI is InChI=1S/C29H31N3O3S3/c1-19-13-14-22-25(17-19)37-29(26(22)28-30-23-11-4-5-12-24(23)36-28)31-27(33)20-9-8-10-21(18-20)38(34,35)32-15-6-2-3-7-16-32/h4-5,8-12,18-19H,2-3,6-7,13-17H2,1H3,(H,31,33)/t19-/m1/s1. The Kier molecular flexibility index (Phi) is 7.11. The Morgan fingerprint density at radius 1 is 1.03 bits per heavy atom. The number of hydrogen-bond acceptors (Lipinski definition) is 6. The first kappa shape index (κ1) is 25.7. The van der Waals surface area contributed by atoms with Crippen molar-refractivity contribution < 1.29 is 13.2 Å². The van der Waals surface area contributed by atoms with Crippen molar-refractivity contribution in [2.24, 2.45) is 5.92 Å². The maximum absolute atomic E-state index is 13.5. The van der Waals surface area contributed by atoms with Crippen LogP contribution in [-0.2, 0) is 22.9 Å². The number of anilines is 1. The second kappa shape index (κ2) is 10.5. The summed E-state index contributed by atoms with van der Waals surface area (Å²) in [5.41, 5.74) is 3.62. The third-order valence-corrected chi connectivity index (χ3v) is 11.7. The van der Waals surface area contributed by atoms with Gasteiger partial charge in [-0.05, 0) is 73.9 Å². The van der Waals surface area contributed by atoms with Crippen molar-refractivity contribution in [1.82, 2.24) is 9.29 Å². The third kappa shape index (κ3) is 4.93. The van der Waals surface area contributed by atoms with Gasteiger partial charge in [-0.25, -0.2) is 13.4 Å². The first-order valence-electron chi connectivity index (χ1n) is 13.3. The molecule has 0 unspecified atom stereocenters. The third-order valence-electron chi connectivity index (χ3n) is 7.55. The number of aromatic nitrogens is 1. The Hall–Kier alpha value is -2.59. The molecule has 6 rings (SSSR count). The molecule has 2 aromatic carbocycles. The maximum atomic E-state index is 13.5. The smallest absolute Gasteiger partial charge is 0.256 e. The molecule has 1 amide bonds. The van der Waals surface area contributed by atoms with Crippen LogP contribution >= 0.6 is 22.7 Å². The van der Waals surface area contributed by atoms with Crippen LogP contribution in [0.15, 0.2) is 53.4 Å². The van der Waals surface area contributed by atoms with Crippen molar-refractivity contribution in [2.45, 2.75) is 56.8 Å². The van der Waals surface area contributed by atoms with Crippen LogP contribution in [0.3, 0.4) is 0 Å². The van der Waals surface area contributed by atoms with Crippen LogP contribution in [0.5, 0.6) is 0 Å². The lowest BCUT2D eigenvalue weighted by molar-refractivity contribution is 0.102. The van der Waals surface area contributed by atoms with Crippen molar-refractivity contribution in [2.75, 3.05) is 18.4 Å². The van der Waals surface area contributed by atoms with Gasteiger partial charge in [-0.3, -0.25) is 4.79 Å². The van der Waals surface area contributed by atoms with E-state index in [0.29, 0.717) is 24.6 Å². The number of rotatable bonds is 5. The van der Waals surface area contributed by atoms with E-state index in [1.165, 1.54) is 16.5 Å². The van der Waals surface area contributed by atoms with Crippen LogP contribution in [0.2, 0.25) is 0 Å². The average molecular weight is 566 g/mol. The van der Waals surface area contributed by atoms with E-state index in [-0.39, 0.29) is 10.8 Å². The van der Waals surface area contributed by atoms with Crippen LogP contribution in [0.1, 0.15) is 59.8 Å². The Balaban J connectivity index is 1.34. The molecule has 0 spiro atoms. The van der Waals surface area contributed by atoms with Crippen molar-refractivity contribution in [3.63, 3.8) is 0 Å². The van der Waals surface area contributed by atoms with E-state index < -0.39 is 10.0 Å². The van der Waals surface area contributed by atoms with Crippen LogP contribution in [0, 0.1) is 5.92 Å². The fraction of sp³-hybridized carbons (Fsp3) is 0.379. The van der Waals surface area contributed by atoms with Crippen LogP contribution in [0.4, 0.5) is 5.00 Å². The molecule has 1 fully saturated rings. The van der Waals surface area contributed by atoms with Crippen LogP contribution in [0.25, 0.3) is 20.8 Å². The summed E-state index contributed by atoms with van der Waals surface area (Å²) in [4.78, 5) is 19.9. The van der Waals surface area contributed by atoms with Gasteiger partial charge < -0.3 is 5.32 Å². The average Bonchev–Trinajstić information content (AvgIpc) is 3.36. The molecule has 9 heteroatoms. The molecule has 1 aliphatic carbocycles. The lowest BCUT2D eigenvalue weighted by atomic mass is 9.88. The topological polar surface area (TPSA) is 79.4 Å². The summed E-state index contributed by atoms with van der Waals surface area (Å²) in [5.74, 6) is 0.306. The molecule has 1 aliphatic heterocycles. The number of thiazole rings is 1. The van der Waals surface area contributed by atoms with Crippen molar-refractivity contribution in [3.05, 3.63) is 64.5 Å². The monoisotopic (exact) mass is 565 g/mol. The minimum Gasteiger partial charge on any atom is -0.313 e. The van der Waals surface area contributed by atoms with Gasteiger partial charge >= 0.3 is 0 Å². The highest BCUT2D eigenvalue weighted by Gasteiger charge is 2.29. The number of para-hydroxylation sites is 1. The predicted molar refractivity (Wildman–Crippen MR) is 156 cm³/mol. The molecule has 1 N–H and O–H groups in total. The number of amides is 1. The van der Waals surface area contributed by atoms with Crippen LogP contribution < -0.4 is 5.32 Å². The summed E-state index contributed by atoms with van der Waals surface area (Å²) in [6, 6.07) is 14.6. The summed E-state index contributed by atoms with van der Waals surface area (Å²) < 4.78 is 29.4. The van der Waals surface area contributed by atoms with E-state index in [1.54, 1.807) is 45.2 Å². The molecule has 0 saturated carbocycles. The number of carbonyl (C=O) groups is 1. The van der Waals surface area contributed by atoms with Gasteiger partial charge in [0.05, 0.1) is 15.1 Å². The minimum atomic E-state index is -3.64. The van der Waals surface area contributed by atoms with Gasteiger partial charge in [0.15, 0.2) is 0 Å². The van der Waals surface area contributed by atoms with E-state index in [1.807, 2.05) is 18.2 Å². The normalized spacial score (nSPS) is 18.7. The van der Waals surface area contributed by atoms with Gasteiger partial charge in [0.25, 0.3) is 5.91 Å². The zero-order valence-electron chi connectivity index (χ0n) is 21.4. The Morgan fingerprint density at radius 2 is 1.82 bits per heavy atom. The van der Waals surface area contributed by atoms with E-state index in [2.05, 4.69) is 18.3 Å². The number of thiophene rings is 1. The van der Waals surface area contributed by atoms with E-state index in [9.17, 15) is 13.2 Å². The van der Waals surface area contributed by atoms with Crippen LogP contribution in [-0.4, -0.2) is 36.7 Å². The fourth-order valence-electron chi connectivity index (χ4n) is 5.45. The van der Waals surface area contributed by atoms with Crippen molar-refractivity contribution in [1.29, 1.82) is 0 Å². The number of sulfonamides is 1. The largest absolute Gasteiger partial charge is 0.313 e. The van der Waals surface area contributed by atoms with E-state index in [0.717, 1.165) is 70.7 Å². The molecule has 2 aromatic heterocycles. The molecule has 2 aliphatic rings. The summed E-state index contributed by atoms with van der Waals surface area (Å²) in [6.45, 7) is 3.33. The molecular weight excluding hydrogens is 535 g/mol. The van der Waals surface area contributed by atoms with E-state index in [4.69, 9.17) is 4.98 Å². The molecule has 198 valence electrons. The van der Waals surface area contributed by atoms with Crippen molar-refractivity contribution in [3.8, 4) is 10.6 Å². The van der Waals surface area contributed by atoms with Gasteiger partial charge in [0.1, 0.15) is 10.0 Å². The van der Waals surface area contributed by atoms with Gasteiger partial charge in [-0.15, -0.1) is 22.7 Å². The molecule has 4 aromatic rings. The van der Waals surface area contributed by atoms with Gasteiger partial charge in [0, 0.05) is 29.1 Å². The zero-order chi connectivity index (χ0) is 26.3. The molecule has 6 nitrogen and oxygen atoms in total. The molecule has 38 heavy (non-hydrogen) atoms. The molecule has 1 atom stereocenters. The summed E-state index contributed by atoms with van der Waals surface area (Å²) in [7, 11) is -3.64. The predicted octanol–water partition coefficient (Wildman–Crippen LogP) is 6.97. The van der Waals surface area contributed by atoms with Gasteiger partial charge in [-0.2, -0.15) is 4.31 Å². The number of nitrogens with one attached hydrogen (secondary N) is 1. The number of benzene rings is 2. The summed E-state index contributed by atoms with van der Waals surface area (Å²) in [6.07, 6.45) is 6.93. The lowest BCUT2D eigenvalue weighted by Gasteiger charge is -2.20. The second-order valence-electron chi connectivity index (χ2n) is 10.3. The minimum absolute atomic E-state index is 0.178. The van der Waals surface area contributed by atoms with E-state index >= 15 is 0 Å². The second-order valence-corrected chi connectivity index (χ2v) is 14.4. The van der Waals surface area contributed by atoms with Crippen molar-refractivity contribution >= 4 is 53.8 Å².